The number of nitrogens with zero attached hydrogens (tertiary/aromatic N) is 6. The summed E-state index contributed by atoms with van der Waals surface area (Å²) < 4.78 is 0. The first-order chi connectivity index (χ1) is 9.75. The van der Waals surface area contributed by atoms with E-state index in [2.05, 4.69) is 30.2 Å². The van der Waals surface area contributed by atoms with Crippen LogP contribution >= 0.6 is 0 Å². The van der Waals surface area contributed by atoms with E-state index < -0.39 is 0 Å². The van der Waals surface area contributed by atoms with Gasteiger partial charge in [0.15, 0.2) is 0 Å². The Labute approximate surface area is 115 Å². The van der Waals surface area contributed by atoms with E-state index in [1.807, 2.05) is 0 Å². The van der Waals surface area contributed by atoms with Crippen molar-refractivity contribution in [2.75, 3.05) is 0 Å². The second-order valence-corrected chi connectivity index (χ2v) is 3.62. The molecule has 0 amide bonds. The first-order valence-electron chi connectivity index (χ1n) is 5.71. The van der Waals surface area contributed by atoms with Gasteiger partial charge < -0.3 is 9.68 Å². The molecule has 0 fully saturated rings. The van der Waals surface area contributed by atoms with E-state index in [4.69, 9.17) is 9.68 Å². The van der Waals surface area contributed by atoms with Crippen LogP contribution < -0.4 is 9.68 Å². The van der Waals surface area contributed by atoms with Gasteiger partial charge in [0.2, 0.25) is 0 Å². The largest absolute Gasteiger partial charge is 0.335 e. The fraction of sp³-hybridized carbons (Fsp3) is 0.167. The zero-order valence-electron chi connectivity index (χ0n) is 11.0. The third-order valence-electron chi connectivity index (χ3n) is 2.15. The number of hydrogen-bond acceptors (Lipinski definition) is 8. The van der Waals surface area contributed by atoms with Crippen molar-refractivity contribution in [2.24, 2.45) is 10.3 Å². The highest BCUT2D eigenvalue weighted by Crippen LogP contribution is 2.03. The first-order valence-corrected chi connectivity index (χ1v) is 5.71. The molecule has 0 aliphatic heterocycles. The van der Waals surface area contributed by atoms with E-state index in [1.54, 1.807) is 26.2 Å². The maximum Gasteiger partial charge on any atom is 0.267 e. The summed E-state index contributed by atoms with van der Waals surface area (Å²) >= 11 is 0. The van der Waals surface area contributed by atoms with Crippen LogP contribution in [0.15, 0.2) is 47.5 Å². The normalized spacial score (nSPS) is 12.1. The molecule has 20 heavy (non-hydrogen) atoms. The molecule has 0 spiro atoms. The van der Waals surface area contributed by atoms with E-state index in [0.717, 1.165) is 0 Å². The molecular weight excluding hydrogens is 260 g/mol. The SMILES string of the molecule is CC(=NOc1cnccn1)C(C)=NOc1cnccn1. The van der Waals surface area contributed by atoms with Crippen molar-refractivity contribution in [1.82, 2.24) is 19.9 Å². The van der Waals surface area contributed by atoms with Crippen LogP contribution in [0.2, 0.25) is 0 Å². The third-order valence-corrected chi connectivity index (χ3v) is 2.15. The van der Waals surface area contributed by atoms with Gasteiger partial charge in [0.1, 0.15) is 11.4 Å². The van der Waals surface area contributed by atoms with Crippen molar-refractivity contribution >= 4 is 11.4 Å². The summed E-state index contributed by atoms with van der Waals surface area (Å²) in [5.74, 6) is 0.601. The number of rotatable bonds is 5. The fourth-order valence-corrected chi connectivity index (χ4v) is 1.03. The lowest BCUT2D eigenvalue weighted by molar-refractivity contribution is 0.321. The quantitative estimate of drug-likeness (QED) is 0.604. The smallest absolute Gasteiger partial charge is 0.267 e. The second kappa shape index (κ2) is 6.88. The molecule has 0 N–H and O–H groups in total. The van der Waals surface area contributed by atoms with Gasteiger partial charge in [-0.3, -0.25) is 9.97 Å². The molecule has 0 radical (unpaired) electrons. The van der Waals surface area contributed by atoms with Crippen molar-refractivity contribution in [3.05, 3.63) is 37.2 Å². The second-order valence-electron chi connectivity index (χ2n) is 3.62. The van der Waals surface area contributed by atoms with Crippen molar-refractivity contribution < 1.29 is 9.68 Å². The Hall–Kier alpha value is -2.90. The topological polar surface area (TPSA) is 94.7 Å². The highest BCUT2D eigenvalue weighted by atomic mass is 16.6. The Morgan fingerprint density at radius 1 is 0.800 bits per heavy atom. The van der Waals surface area contributed by atoms with Gasteiger partial charge in [-0.1, -0.05) is 10.3 Å². The first kappa shape index (κ1) is 13.5. The van der Waals surface area contributed by atoms with Crippen LogP contribution in [-0.4, -0.2) is 31.4 Å². The summed E-state index contributed by atoms with van der Waals surface area (Å²) in [6.45, 7) is 3.46. The van der Waals surface area contributed by atoms with Gasteiger partial charge in [-0.25, -0.2) is 9.97 Å². The van der Waals surface area contributed by atoms with Crippen LogP contribution in [0.5, 0.6) is 11.8 Å². The Morgan fingerprint density at radius 3 is 1.60 bits per heavy atom. The van der Waals surface area contributed by atoms with Gasteiger partial charge >= 0.3 is 0 Å². The molecule has 2 aromatic heterocycles. The van der Waals surface area contributed by atoms with E-state index >= 15 is 0 Å². The predicted molar refractivity (Wildman–Crippen MR) is 71.5 cm³/mol. The van der Waals surface area contributed by atoms with Gasteiger partial charge in [0.25, 0.3) is 11.8 Å². The van der Waals surface area contributed by atoms with Crippen LogP contribution in [0.25, 0.3) is 0 Å². The minimum atomic E-state index is 0.300. The van der Waals surface area contributed by atoms with Gasteiger partial charge in [0, 0.05) is 24.8 Å². The molecule has 8 nitrogen and oxygen atoms in total. The van der Waals surface area contributed by atoms with Gasteiger partial charge in [-0.05, 0) is 13.8 Å². The van der Waals surface area contributed by atoms with Gasteiger partial charge in [-0.2, -0.15) is 0 Å². The predicted octanol–water partition coefficient (Wildman–Crippen LogP) is 1.48. The molecule has 0 unspecified atom stereocenters. The maximum atomic E-state index is 5.09. The van der Waals surface area contributed by atoms with E-state index in [-0.39, 0.29) is 0 Å². The molecule has 0 atom stereocenters. The lowest BCUT2D eigenvalue weighted by atomic mass is 10.3. The Kier molecular flexibility index (Phi) is 4.65. The molecule has 0 bridgehead atoms. The van der Waals surface area contributed by atoms with Crippen molar-refractivity contribution in [1.29, 1.82) is 0 Å². The summed E-state index contributed by atoms with van der Waals surface area (Å²) in [4.78, 5) is 25.7. The molecule has 0 aliphatic carbocycles. The molecule has 0 saturated carbocycles. The zero-order valence-corrected chi connectivity index (χ0v) is 11.0. The monoisotopic (exact) mass is 272 g/mol. The summed E-state index contributed by atoms with van der Waals surface area (Å²) in [5.41, 5.74) is 1.08. The lowest BCUT2D eigenvalue weighted by Crippen LogP contribution is -2.09. The molecular formula is C12H12N6O2. The molecule has 102 valence electrons. The summed E-state index contributed by atoms with van der Waals surface area (Å²) in [6, 6.07) is 0. The molecule has 0 aromatic carbocycles. The van der Waals surface area contributed by atoms with Crippen LogP contribution in [-0.2, 0) is 0 Å². The van der Waals surface area contributed by atoms with Crippen LogP contribution in [0, 0.1) is 0 Å². The van der Waals surface area contributed by atoms with E-state index in [1.165, 1.54) is 24.8 Å². The minimum Gasteiger partial charge on any atom is -0.335 e. The molecule has 2 heterocycles. The number of oxime groups is 2. The van der Waals surface area contributed by atoms with Crippen molar-refractivity contribution in [3.63, 3.8) is 0 Å². The van der Waals surface area contributed by atoms with Crippen LogP contribution in [0.1, 0.15) is 13.8 Å². The Morgan fingerprint density at radius 2 is 1.25 bits per heavy atom. The number of aromatic nitrogens is 4. The average molecular weight is 272 g/mol. The molecule has 0 saturated heterocycles. The van der Waals surface area contributed by atoms with E-state index in [9.17, 15) is 0 Å². The average Bonchev–Trinajstić information content (AvgIpc) is 2.52. The molecule has 2 aromatic rings. The minimum absolute atomic E-state index is 0.300. The van der Waals surface area contributed by atoms with Gasteiger partial charge in [-0.15, -0.1) is 0 Å². The third kappa shape index (κ3) is 4.09. The number of hydrogen-bond donors (Lipinski definition) is 0. The summed E-state index contributed by atoms with van der Waals surface area (Å²) in [5, 5.41) is 7.75. The highest BCUT2D eigenvalue weighted by molar-refractivity contribution is 6.40. The summed E-state index contributed by atoms with van der Waals surface area (Å²) in [6.07, 6.45) is 9.03. The zero-order chi connectivity index (χ0) is 14.2. The molecule has 0 aliphatic rings. The van der Waals surface area contributed by atoms with Crippen LogP contribution in [0.4, 0.5) is 0 Å². The van der Waals surface area contributed by atoms with E-state index in [0.29, 0.717) is 23.2 Å². The Bertz CT molecular complexity index is 544. The highest BCUT2D eigenvalue weighted by Gasteiger charge is 2.01. The molecule has 2 rings (SSSR count). The van der Waals surface area contributed by atoms with Crippen molar-refractivity contribution in [2.45, 2.75) is 13.8 Å². The molecule has 8 heteroatoms. The maximum absolute atomic E-state index is 5.09. The Balaban J connectivity index is 1.95. The van der Waals surface area contributed by atoms with Crippen molar-refractivity contribution in [3.8, 4) is 11.8 Å². The fourth-order valence-electron chi connectivity index (χ4n) is 1.03. The van der Waals surface area contributed by atoms with Crippen LogP contribution in [0.3, 0.4) is 0 Å². The van der Waals surface area contributed by atoms with Gasteiger partial charge in [0.05, 0.1) is 12.4 Å². The lowest BCUT2D eigenvalue weighted by Gasteiger charge is -2.00. The summed E-state index contributed by atoms with van der Waals surface area (Å²) in [7, 11) is 0. The standard InChI is InChI=1S/C12H12N6O2/c1-9(17-19-11-7-13-3-5-15-11)10(2)18-20-12-8-14-4-6-16-12/h3-8H,1-2H3.